The lowest BCUT2D eigenvalue weighted by Crippen LogP contribution is -2.42. The molecule has 2 heterocycles. The standard InChI is InChI=1S/C14H23N3O/c1-4-14(6-9-15-10-7-14)13(18)12-5-8-16-17(12)11(2)3/h5,8,11,15H,4,6-7,9-10H2,1-3H3. The third-order valence-electron chi connectivity index (χ3n) is 4.11. The summed E-state index contributed by atoms with van der Waals surface area (Å²) in [5.41, 5.74) is 0.589. The molecule has 0 amide bonds. The lowest BCUT2D eigenvalue weighted by atomic mass is 9.72. The second-order valence-corrected chi connectivity index (χ2v) is 5.47. The van der Waals surface area contributed by atoms with E-state index >= 15 is 0 Å². The van der Waals surface area contributed by atoms with E-state index in [-0.39, 0.29) is 17.2 Å². The molecule has 0 aromatic carbocycles. The van der Waals surface area contributed by atoms with Crippen LogP contribution in [0.15, 0.2) is 12.3 Å². The summed E-state index contributed by atoms with van der Waals surface area (Å²) >= 11 is 0. The van der Waals surface area contributed by atoms with Crippen molar-refractivity contribution in [3.8, 4) is 0 Å². The average Bonchev–Trinajstić information content (AvgIpc) is 2.88. The van der Waals surface area contributed by atoms with E-state index < -0.39 is 0 Å². The van der Waals surface area contributed by atoms with Crippen LogP contribution in [0.1, 0.15) is 56.6 Å². The van der Waals surface area contributed by atoms with Gasteiger partial charge in [0.1, 0.15) is 5.69 Å². The fourth-order valence-corrected chi connectivity index (χ4v) is 2.82. The molecule has 1 fully saturated rings. The van der Waals surface area contributed by atoms with Crippen molar-refractivity contribution in [3.63, 3.8) is 0 Å². The Morgan fingerprint density at radius 3 is 2.72 bits per heavy atom. The second kappa shape index (κ2) is 5.22. The predicted octanol–water partition coefficient (Wildman–Crippen LogP) is 2.43. The molecule has 4 heteroatoms. The number of nitrogens with zero attached hydrogens (tertiary/aromatic N) is 2. The van der Waals surface area contributed by atoms with Crippen LogP contribution in [0, 0.1) is 5.41 Å². The van der Waals surface area contributed by atoms with Crippen molar-refractivity contribution in [2.24, 2.45) is 5.41 Å². The average molecular weight is 249 g/mol. The van der Waals surface area contributed by atoms with Gasteiger partial charge in [-0.2, -0.15) is 5.10 Å². The molecule has 0 saturated carbocycles. The van der Waals surface area contributed by atoms with Crippen LogP contribution in [0.3, 0.4) is 0 Å². The summed E-state index contributed by atoms with van der Waals surface area (Å²) in [4.78, 5) is 12.9. The molecule has 0 bridgehead atoms. The van der Waals surface area contributed by atoms with Crippen LogP contribution in [0.5, 0.6) is 0 Å². The molecule has 1 aromatic heterocycles. The lowest BCUT2D eigenvalue weighted by Gasteiger charge is -2.35. The molecule has 1 saturated heterocycles. The number of ketones is 1. The monoisotopic (exact) mass is 249 g/mol. The largest absolute Gasteiger partial charge is 0.317 e. The summed E-state index contributed by atoms with van der Waals surface area (Å²) in [5.74, 6) is 0.276. The molecule has 4 nitrogen and oxygen atoms in total. The highest BCUT2D eigenvalue weighted by molar-refractivity contribution is 5.99. The Hall–Kier alpha value is -1.16. The molecule has 2 rings (SSSR count). The summed E-state index contributed by atoms with van der Waals surface area (Å²) in [5, 5.41) is 7.61. The van der Waals surface area contributed by atoms with E-state index in [1.807, 2.05) is 10.7 Å². The van der Waals surface area contributed by atoms with Gasteiger partial charge in [0.2, 0.25) is 0 Å². The fourth-order valence-electron chi connectivity index (χ4n) is 2.82. The van der Waals surface area contributed by atoms with Gasteiger partial charge in [-0.25, -0.2) is 0 Å². The predicted molar refractivity (Wildman–Crippen MR) is 71.8 cm³/mol. The number of Topliss-reactive ketones (excluding diaryl/α,β-unsaturated/α-hetero) is 1. The quantitative estimate of drug-likeness (QED) is 0.834. The van der Waals surface area contributed by atoms with Gasteiger partial charge < -0.3 is 5.32 Å². The van der Waals surface area contributed by atoms with Crippen LogP contribution < -0.4 is 5.32 Å². The van der Waals surface area contributed by atoms with Crippen molar-refractivity contribution in [2.45, 2.75) is 46.1 Å². The Kier molecular flexibility index (Phi) is 3.85. The summed E-state index contributed by atoms with van der Waals surface area (Å²) in [6.07, 6.45) is 4.52. The van der Waals surface area contributed by atoms with Crippen molar-refractivity contribution < 1.29 is 4.79 Å². The Labute approximate surface area is 109 Å². The zero-order valence-electron chi connectivity index (χ0n) is 11.6. The van der Waals surface area contributed by atoms with Crippen LogP contribution in [-0.4, -0.2) is 28.7 Å². The van der Waals surface area contributed by atoms with E-state index in [4.69, 9.17) is 0 Å². The van der Waals surface area contributed by atoms with Gasteiger partial charge in [-0.15, -0.1) is 0 Å². The normalized spacial score (nSPS) is 19.1. The molecule has 1 aliphatic heterocycles. The van der Waals surface area contributed by atoms with Gasteiger partial charge in [-0.05, 0) is 52.3 Å². The molecule has 1 aliphatic rings. The topological polar surface area (TPSA) is 46.9 Å². The number of carbonyl (C=O) groups excluding carboxylic acids is 1. The fraction of sp³-hybridized carbons (Fsp3) is 0.714. The zero-order valence-corrected chi connectivity index (χ0v) is 11.6. The van der Waals surface area contributed by atoms with Gasteiger partial charge in [0, 0.05) is 17.7 Å². The molecule has 0 radical (unpaired) electrons. The van der Waals surface area contributed by atoms with Gasteiger partial charge in [-0.3, -0.25) is 9.48 Å². The number of hydrogen-bond acceptors (Lipinski definition) is 3. The SMILES string of the molecule is CCC1(C(=O)c2ccnn2C(C)C)CCNCC1. The smallest absolute Gasteiger partial charge is 0.187 e. The van der Waals surface area contributed by atoms with Crippen LogP contribution >= 0.6 is 0 Å². The van der Waals surface area contributed by atoms with Gasteiger partial charge >= 0.3 is 0 Å². The Morgan fingerprint density at radius 2 is 2.17 bits per heavy atom. The molecule has 0 atom stereocenters. The molecule has 1 N–H and O–H groups in total. The van der Waals surface area contributed by atoms with Crippen LogP contribution in [0.4, 0.5) is 0 Å². The third-order valence-corrected chi connectivity index (χ3v) is 4.11. The summed E-state index contributed by atoms with van der Waals surface area (Å²) in [7, 11) is 0. The number of aromatic nitrogens is 2. The van der Waals surface area contributed by atoms with Crippen molar-refractivity contribution >= 4 is 5.78 Å². The van der Waals surface area contributed by atoms with Gasteiger partial charge in [0.05, 0.1) is 0 Å². The minimum absolute atomic E-state index is 0.183. The Balaban J connectivity index is 2.31. The summed E-state index contributed by atoms with van der Waals surface area (Å²) in [6.45, 7) is 8.12. The van der Waals surface area contributed by atoms with Crippen molar-refractivity contribution in [3.05, 3.63) is 18.0 Å². The first kappa shape index (κ1) is 13.3. The summed E-state index contributed by atoms with van der Waals surface area (Å²) < 4.78 is 1.85. The number of piperidine rings is 1. The number of hydrogen-bond donors (Lipinski definition) is 1. The Bertz CT molecular complexity index is 416. The first-order valence-corrected chi connectivity index (χ1v) is 6.90. The van der Waals surface area contributed by atoms with Crippen LogP contribution in [0.2, 0.25) is 0 Å². The molecular weight excluding hydrogens is 226 g/mol. The number of rotatable bonds is 4. The maximum Gasteiger partial charge on any atom is 0.187 e. The van der Waals surface area contributed by atoms with E-state index in [9.17, 15) is 4.79 Å². The molecule has 0 aliphatic carbocycles. The molecule has 100 valence electrons. The lowest BCUT2D eigenvalue weighted by molar-refractivity contribution is 0.0703. The van der Waals surface area contributed by atoms with E-state index in [2.05, 4.69) is 31.2 Å². The molecule has 18 heavy (non-hydrogen) atoms. The highest BCUT2D eigenvalue weighted by atomic mass is 16.1. The first-order valence-electron chi connectivity index (χ1n) is 6.90. The minimum Gasteiger partial charge on any atom is -0.317 e. The van der Waals surface area contributed by atoms with Crippen molar-refractivity contribution in [1.29, 1.82) is 0 Å². The van der Waals surface area contributed by atoms with Crippen LogP contribution in [0.25, 0.3) is 0 Å². The maximum atomic E-state index is 12.9. The first-order chi connectivity index (χ1) is 8.60. The molecule has 1 aromatic rings. The minimum atomic E-state index is -0.183. The second-order valence-electron chi connectivity index (χ2n) is 5.47. The molecule has 0 spiro atoms. The van der Waals surface area contributed by atoms with E-state index in [0.717, 1.165) is 38.0 Å². The number of carbonyl (C=O) groups is 1. The maximum absolute atomic E-state index is 12.9. The number of nitrogens with one attached hydrogen (secondary N) is 1. The zero-order chi connectivity index (χ0) is 13.2. The van der Waals surface area contributed by atoms with Crippen molar-refractivity contribution in [2.75, 3.05) is 13.1 Å². The van der Waals surface area contributed by atoms with E-state index in [0.29, 0.717) is 0 Å². The molecule has 0 unspecified atom stereocenters. The summed E-state index contributed by atoms with van der Waals surface area (Å²) in [6, 6.07) is 2.09. The van der Waals surface area contributed by atoms with Gasteiger partial charge in [-0.1, -0.05) is 6.92 Å². The van der Waals surface area contributed by atoms with E-state index in [1.165, 1.54) is 0 Å². The van der Waals surface area contributed by atoms with Crippen molar-refractivity contribution in [1.82, 2.24) is 15.1 Å². The highest BCUT2D eigenvalue weighted by Crippen LogP contribution is 2.36. The Morgan fingerprint density at radius 1 is 1.50 bits per heavy atom. The van der Waals surface area contributed by atoms with Crippen LogP contribution in [-0.2, 0) is 0 Å². The van der Waals surface area contributed by atoms with Gasteiger partial charge in [0.25, 0.3) is 0 Å². The van der Waals surface area contributed by atoms with Gasteiger partial charge in [0.15, 0.2) is 5.78 Å². The van der Waals surface area contributed by atoms with E-state index in [1.54, 1.807) is 6.20 Å². The third kappa shape index (κ3) is 2.21. The molecular formula is C14H23N3O. The highest BCUT2D eigenvalue weighted by Gasteiger charge is 2.39.